The van der Waals surface area contributed by atoms with Crippen LogP contribution in [-0.2, 0) is 12.8 Å². The zero-order valence-corrected chi connectivity index (χ0v) is 25.8. The first kappa shape index (κ1) is 33.9. The lowest BCUT2D eigenvalue weighted by Crippen LogP contribution is -2.03. The number of phenols is 2. The van der Waals surface area contributed by atoms with Crippen molar-refractivity contribution in [3.63, 3.8) is 0 Å². The van der Waals surface area contributed by atoms with E-state index in [0.717, 1.165) is 36.8 Å². The average molecular weight is 551 g/mol. The molecule has 0 saturated heterocycles. The van der Waals surface area contributed by atoms with E-state index in [-0.39, 0.29) is 28.4 Å². The van der Waals surface area contributed by atoms with Crippen molar-refractivity contribution >= 4 is 5.78 Å². The van der Waals surface area contributed by atoms with Gasteiger partial charge in [0.15, 0.2) is 5.78 Å². The fourth-order valence-electron chi connectivity index (χ4n) is 5.63. The summed E-state index contributed by atoms with van der Waals surface area (Å²) in [6.07, 6.45) is 27.9. The summed E-state index contributed by atoms with van der Waals surface area (Å²) in [7, 11) is 0. The molecule has 3 nitrogen and oxygen atoms in total. The number of aryl methyl sites for hydroxylation is 2. The van der Waals surface area contributed by atoms with Gasteiger partial charge in [0, 0.05) is 0 Å². The molecule has 0 heterocycles. The molecule has 0 spiro atoms. The third kappa shape index (κ3) is 13.9. The minimum absolute atomic E-state index is 0.00317. The lowest BCUT2D eigenvalue weighted by atomic mass is 9.96. The Morgan fingerprint density at radius 2 is 0.775 bits per heavy atom. The van der Waals surface area contributed by atoms with E-state index in [1.165, 1.54) is 116 Å². The standard InChI is InChI=1S/C37H58O3/c1-3-5-7-9-11-13-15-17-19-21-23-31-25-27-33(35(38)29-31)37(40)34-28-26-32(30-36(34)39)24-22-20-18-16-14-12-10-8-6-4-2/h25-30,38-39H,3-24H2,1-2H3. The van der Waals surface area contributed by atoms with Gasteiger partial charge in [0.25, 0.3) is 0 Å². The topological polar surface area (TPSA) is 57.5 Å². The lowest BCUT2D eigenvalue weighted by Gasteiger charge is -2.10. The second kappa shape index (κ2) is 21.5. The van der Waals surface area contributed by atoms with E-state index < -0.39 is 0 Å². The number of hydrogen-bond acceptors (Lipinski definition) is 3. The summed E-state index contributed by atoms with van der Waals surface area (Å²) in [5.74, 6) is -0.321. The number of rotatable bonds is 24. The van der Waals surface area contributed by atoms with Gasteiger partial charge >= 0.3 is 0 Å². The van der Waals surface area contributed by atoms with Gasteiger partial charge in [-0.25, -0.2) is 0 Å². The van der Waals surface area contributed by atoms with E-state index in [1.807, 2.05) is 12.1 Å². The number of benzene rings is 2. The van der Waals surface area contributed by atoms with Crippen LogP contribution in [0, 0.1) is 0 Å². The van der Waals surface area contributed by atoms with E-state index in [2.05, 4.69) is 13.8 Å². The smallest absolute Gasteiger partial charge is 0.200 e. The highest BCUT2D eigenvalue weighted by atomic mass is 16.3. The molecule has 224 valence electrons. The second-order valence-electron chi connectivity index (χ2n) is 11.9. The lowest BCUT2D eigenvalue weighted by molar-refractivity contribution is 0.103. The van der Waals surface area contributed by atoms with Crippen LogP contribution in [0.1, 0.15) is 169 Å². The number of carbonyl (C=O) groups is 1. The predicted octanol–water partition coefficient (Wildman–Crippen LogP) is 11.3. The molecule has 0 bridgehead atoms. The summed E-state index contributed by atoms with van der Waals surface area (Å²) < 4.78 is 0. The van der Waals surface area contributed by atoms with Gasteiger partial charge in [0.2, 0.25) is 0 Å². The van der Waals surface area contributed by atoms with Crippen LogP contribution < -0.4 is 0 Å². The van der Waals surface area contributed by atoms with Crippen LogP contribution in [0.2, 0.25) is 0 Å². The maximum atomic E-state index is 13.1. The molecule has 0 radical (unpaired) electrons. The van der Waals surface area contributed by atoms with Gasteiger partial charge in [-0.3, -0.25) is 4.79 Å². The summed E-state index contributed by atoms with van der Waals surface area (Å²) in [6, 6.07) is 10.7. The van der Waals surface area contributed by atoms with Gasteiger partial charge in [0.1, 0.15) is 11.5 Å². The predicted molar refractivity (Wildman–Crippen MR) is 171 cm³/mol. The Hall–Kier alpha value is -2.29. The molecule has 0 unspecified atom stereocenters. The van der Waals surface area contributed by atoms with Gasteiger partial charge in [0.05, 0.1) is 11.1 Å². The third-order valence-corrected chi connectivity index (χ3v) is 8.25. The fourth-order valence-corrected chi connectivity index (χ4v) is 5.63. The Morgan fingerprint density at radius 1 is 0.475 bits per heavy atom. The summed E-state index contributed by atoms with van der Waals surface area (Å²) >= 11 is 0. The maximum absolute atomic E-state index is 13.1. The highest BCUT2D eigenvalue weighted by Gasteiger charge is 2.18. The van der Waals surface area contributed by atoms with Crippen molar-refractivity contribution in [3.05, 3.63) is 58.7 Å². The molecule has 0 aromatic heterocycles. The van der Waals surface area contributed by atoms with Crippen molar-refractivity contribution in [1.29, 1.82) is 0 Å². The highest BCUT2D eigenvalue weighted by Crippen LogP contribution is 2.28. The van der Waals surface area contributed by atoms with E-state index in [1.54, 1.807) is 24.3 Å². The van der Waals surface area contributed by atoms with Crippen molar-refractivity contribution in [2.45, 2.75) is 155 Å². The molecular formula is C37H58O3. The van der Waals surface area contributed by atoms with Crippen LogP contribution in [0.3, 0.4) is 0 Å². The molecule has 2 rings (SSSR count). The van der Waals surface area contributed by atoms with E-state index in [9.17, 15) is 15.0 Å². The Labute approximate surface area is 245 Å². The Bertz CT molecular complexity index is 873. The van der Waals surface area contributed by atoms with Crippen LogP contribution >= 0.6 is 0 Å². The van der Waals surface area contributed by atoms with Crippen molar-refractivity contribution in [2.24, 2.45) is 0 Å². The first-order valence-electron chi connectivity index (χ1n) is 16.7. The summed E-state index contributed by atoms with van der Waals surface area (Å²) in [4.78, 5) is 13.1. The Balaban J connectivity index is 1.69. The minimum Gasteiger partial charge on any atom is -0.507 e. The minimum atomic E-state index is -0.328. The maximum Gasteiger partial charge on any atom is 0.200 e. The number of carbonyl (C=O) groups excluding carboxylic acids is 1. The molecule has 0 aliphatic rings. The van der Waals surface area contributed by atoms with E-state index in [4.69, 9.17) is 0 Å². The average Bonchev–Trinajstić information content (AvgIpc) is 2.95. The molecule has 0 aliphatic heterocycles. The quantitative estimate of drug-likeness (QED) is 0.101. The Morgan fingerprint density at radius 3 is 1.07 bits per heavy atom. The monoisotopic (exact) mass is 550 g/mol. The van der Waals surface area contributed by atoms with Crippen LogP contribution in [0.25, 0.3) is 0 Å². The number of ketones is 1. The fraction of sp³-hybridized carbons (Fsp3) is 0.649. The molecule has 40 heavy (non-hydrogen) atoms. The van der Waals surface area contributed by atoms with Crippen molar-refractivity contribution in [1.82, 2.24) is 0 Å². The number of phenolic OH excluding ortho intramolecular Hbond substituents is 2. The first-order chi connectivity index (χ1) is 19.6. The van der Waals surface area contributed by atoms with Gasteiger partial charge in [-0.15, -0.1) is 0 Å². The number of hydrogen-bond donors (Lipinski definition) is 2. The molecule has 0 aliphatic carbocycles. The molecule has 0 fully saturated rings. The normalized spacial score (nSPS) is 11.2. The van der Waals surface area contributed by atoms with Crippen molar-refractivity contribution < 1.29 is 15.0 Å². The SMILES string of the molecule is CCCCCCCCCCCCc1ccc(C(=O)c2ccc(CCCCCCCCCCCC)cc2O)c(O)c1. The van der Waals surface area contributed by atoms with Crippen LogP contribution in [0.15, 0.2) is 36.4 Å². The number of aromatic hydroxyl groups is 2. The van der Waals surface area contributed by atoms with Crippen LogP contribution in [0.4, 0.5) is 0 Å². The van der Waals surface area contributed by atoms with E-state index >= 15 is 0 Å². The number of unbranched alkanes of at least 4 members (excludes halogenated alkanes) is 18. The van der Waals surface area contributed by atoms with E-state index in [0.29, 0.717) is 0 Å². The first-order valence-corrected chi connectivity index (χ1v) is 16.7. The van der Waals surface area contributed by atoms with Gasteiger partial charge in [-0.2, -0.15) is 0 Å². The zero-order valence-electron chi connectivity index (χ0n) is 25.8. The van der Waals surface area contributed by atoms with Gasteiger partial charge in [-0.05, 0) is 61.1 Å². The van der Waals surface area contributed by atoms with Crippen molar-refractivity contribution in [3.8, 4) is 11.5 Å². The molecule has 2 aromatic carbocycles. The molecule has 0 atom stereocenters. The zero-order chi connectivity index (χ0) is 28.8. The van der Waals surface area contributed by atoms with Gasteiger partial charge < -0.3 is 10.2 Å². The highest BCUT2D eigenvalue weighted by molar-refractivity contribution is 6.12. The van der Waals surface area contributed by atoms with Crippen molar-refractivity contribution in [2.75, 3.05) is 0 Å². The third-order valence-electron chi connectivity index (χ3n) is 8.25. The molecule has 3 heteroatoms. The second-order valence-corrected chi connectivity index (χ2v) is 11.9. The largest absolute Gasteiger partial charge is 0.507 e. The molecule has 0 amide bonds. The van der Waals surface area contributed by atoms with Gasteiger partial charge in [-0.1, -0.05) is 142 Å². The van der Waals surface area contributed by atoms with Crippen LogP contribution in [0.5, 0.6) is 11.5 Å². The van der Waals surface area contributed by atoms with Crippen LogP contribution in [-0.4, -0.2) is 16.0 Å². The molecule has 2 aromatic rings. The Kier molecular flexibility index (Phi) is 18.2. The summed E-state index contributed by atoms with van der Waals surface area (Å²) in [5, 5.41) is 21.2. The molecule has 0 saturated carbocycles. The summed E-state index contributed by atoms with van der Waals surface area (Å²) in [6.45, 7) is 4.52. The molecular weight excluding hydrogens is 492 g/mol. The molecule has 2 N–H and O–H groups in total. The summed E-state index contributed by atoms with van der Waals surface area (Å²) in [5.41, 5.74) is 2.63.